The topological polar surface area (TPSA) is 97.4 Å². The molecule has 140 valence electrons. The Bertz CT molecular complexity index is 1110. The summed E-state index contributed by atoms with van der Waals surface area (Å²) in [6.45, 7) is 3.22. The number of pyridine rings is 1. The fourth-order valence-corrected chi connectivity index (χ4v) is 3.68. The number of carbonyl (C=O) groups is 1. The fourth-order valence-electron chi connectivity index (χ4n) is 2.63. The zero-order valence-corrected chi connectivity index (χ0v) is 15.9. The minimum absolute atomic E-state index is 0.0697. The van der Waals surface area contributed by atoms with Gasteiger partial charge in [-0.2, -0.15) is 0 Å². The standard InChI is InChI=1S/C19H19N3O4S/c1-12-4-5-14-10-16(26-3)11-18(19(14)20-12)22-27(24,25)17-8-6-15(7-9-17)21-13(2)23/h4-11,22H,1-3H3,(H,21,23). The second-order valence-corrected chi connectivity index (χ2v) is 7.69. The molecule has 7 nitrogen and oxygen atoms in total. The summed E-state index contributed by atoms with van der Waals surface area (Å²) in [6.07, 6.45) is 0. The third-order valence-corrected chi connectivity index (χ3v) is 5.25. The first-order valence-electron chi connectivity index (χ1n) is 8.14. The maximum Gasteiger partial charge on any atom is 0.261 e. The van der Waals surface area contributed by atoms with Crippen molar-refractivity contribution in [3.63, 3.8) is 0 Å². The van der Waals surface area contributed by atoms with Gasteiger partial charge < -0.3 is 10.1 Å². The third kappa shape index (κ3) is 4.17. The molecule has 1 amide bonds. The van der Waals surface area contributed by atoms with E-state index in [1.165, 1.54) is 38.3 Å². The highest BCUT2D eigenvalue weighted by Crippen LogP contribution is 2.30. The van der Waals surface area contributed by atoms with Crippen molar-refractivity contribution in [1.82, 2.24) is 4.98 Å². The molecule has 1 heterocycles. The normalized spacial score (nSPS) is 11.2. The number of ether oxygens (including phenoxy) is 1. The summed E-state index contributed by atoms with van der Waals surface area (Å²) in [4.78, 5) is 15.6. The Hall–Kier alpha value is -3.13. The number of rotatable bonds is 5. The van der Waals surface area contributed by atoms with Crippen molar-refractivity contribution in [2.75, 3.05) is 17.1 Å². The average molecular weight is 385 g/mol. The van der Waals surface area contributed by atoms with Crippen LogP contribution in [-0.4, -0.2) is 26.4 Å². The van der Waals surface area contributed by atoms with Crippen molar-refractivity contribution < 1.29 is 17.9 Å². The van der Waals surface area contributed by atoms with Gasteiger partial charge in [0.05, 0.1) is 23.2 Å². The molecule has 3 rings (SSSR count). The number of methoxy groups -OCH3 is 1. The SMILES string of the molecule is COc1cc(NS(=O)(=O)c2ccc(NC(C)=O)cc2)c2nc(C)ccc2c1. The minimum atomic E-state index is -3.85. The van der Waals surface area contributed by atoms with Crippen molar-refractivity contribution in [1.29, 1.82) is 0 Å². The molecule has 0 bridgehead atoms. The first kappa shape index (κ1) is 18.7. The number of benzene rings is 2. The van der Waals surface area contributed by atoms with E-state index in [1.807, 2.05) is 19.1 Å². The summed E-state index contributed by atoms with van der Waals surface area (Å²) in [5.74, 6) is 0.292. The molecule has 0 aliphatic carbocycles. The van der Waals surface area contributed by atoms with Gasteiger partial charge in [0.25, 0.3) is 10.0 Å². The van der Waals surface area contributed by atoms with Crippen LogP contribution in [0.2, 0.25) is 0 Å². The first-order chi connectivity index (χ1) is 12.8. The van der Waals surface area contributed by atoms with Gasteiger partial charge in [-0.25, -0.2) is 8.42 Å². The molecule has 0 saturated carbocycles. The van der Waals surface area contributed by atoms with E-state index in [1.54, 1.807) is 12.1 Å². The molecule has 0 aliphatic heterocycles. The van der Waals surface area contributed by atoms with Crippen LogP contribution in [0, 0.1) is 6.92 Å². The number of aryl methyl sites for hydroxylation is 1. The summed E-state index contributed by atoms with van der Waals surface area (Å²) < 4.78 is 33.4. The van der Waals surface area contributed by atoms with Crippen LogP contribution in [0.15, 0.2) is 53.4 Å². The van der Waals surface area contributed by atoms with E-state index in [9.17, 15) is 13.2 Å². The summed E-state index contributed by atoms with van der Waals surface area (Å²) in [5.41, 5.74) is 2.16. The summed E-state index contributed by atoms with van der Waals surface area (Å²) >= 11 is 0. The molecule has 0 aliphatic rings. The lowest BCUT2D eigenvalue weighted by atomic mass is 10.1. The molecule has 0 unspecified atom stereocenters. The van der Waals surface area contributed by atoms with Gasteiger partial charge >= 0.3 is 0 Å². The Morgan fingerprint density at radius 2 is 1.78 bits per heavy atom. The van der Waals surface area contributed by atoms with Crippen molar-refractivity contribution in [3.05, 3.63) is 54.2 Å². The zero-order chi connectivity index (χ0) is 19.6. The number of anilines is 2. The summed E-state index contributed by atoms with van der Waals surface area (Å²) in [5, 5.41) is 3.36. The minimum Gasteiger partial charge on any atom is -0.497 e. The van der Waals surface area contributed by atoms with Crippen LogP contribution in [0.3, 0.4) is 0 Å². The van der Waals surface area contributed by atoms with Crippen LogP contribution in [0.1, 0.15) is 12.6 Å². The van der Waals surface area contributed by atoms with Gasteiger partial charge in [-0.1, -0.05) is 6.07 Å². The largest absolute Gasteiger partial charge is 0.497 e. The Labute approximate surface area is 157 Å². The van der Waals surface area contributed by atoms with Crippen molar-refractivity contribution >= 4 is 38.2 Å². The number of sulfonamides is 1. The second kappa shape index (κ2) is 7.24. The van der Waals surface area contributed by atoms with E-state index in [4.69, 9.17) is 4.74 Å². The fraction of sp³-hybridized carbons (Fsp3) is 0.158. The lowest BCUT2D eigenvalue weighted by molar-refractivity contribution is -0.114. The van der Waals surface area contributed by atoms with E-state index in [-0.39, 0.29) is 10.8 Å². The lowest BCUT2D eigenvalue weighted by Crippen LogP contribution is -2.14. The molecule has 8 heteroatoms. The van der Waals surface area contributed by atoms with E-state index >= 15 is 0 Å². The molecule has 0 fully saturated rings. The van der Waals surface area contributed by atoms with Gasteiger partial charge in [-0.3, -0.25) is 14.5 Å². The maximum atomic E-state index is 12.8. The molecule has 0 saturated heterocycles. The van der Waals surface area contributed by atoms with E-state index in [2.05, 4.69) is 15.0 Å². The number of fused-ring (bicyclic) bond motifs is 1. The van der Waals surface area contributed by atoms with Crippen LogP contribution < -0.4 is 14.8 Å². The van der Waals surface area contributed by atoms with E-state index < -0.39 is 10.0 Å². The van der Waals surface area contributed by atoms with Gasteiger partial charge in [0, 0.05) is 29.8 Å². The number of hydrogen-bond donors (Lipinski definition) is 2. The molecule has 0 spiro atoms. The quantitative estimate of drug-likeness (QED) is 0.702. The van der Waals surface area contributed by atoms with Crippen LogP contribution in [0.5, 0.6) is 5.75 Å². The Balaban J connectivity index is 2.00. The molecular weight excluding hydrogens is 366 g/mol. The molecular formula is C19H19N3O4S. The Morgan fingerprint density at radius 3 is 2.41 bits per heavy atom. The van der Waals surface area contributed by atoms with Gasteiger partial charge in [0.2, 0.25) is 5.91 Å². The number of nitrogens with zero attached hydrogens (tertiary/aromatic N) is 1. The smallest absolute Gasteiger partial charge is 0.261 e. The highest BCUT2D eigenvalue weighted by molar-refractivity contribution is 7.92. The van der Waals surface area contributed by atoms with Gasteiger partial charge in [0.15, 0.2) is 0 Å². The average Bonchev–Trinajstić information content (AvgIpc) is 2.61. The van der Waals surface area contributed by atoms with E-state index in [0.29, 0.717) is 22.6 Å². The Kier molecular flexibility index (Phi) is 5.00. The highest BCUT2D eigenvalue weighted by atomic mass is 32.2. The number of amides is 1. The van der Waals surface area contributed by atoms with Crippen molar-refractivity contribution in [3.8, 4) is 5.75 Å². The zero-order valence-electron chi connectivity index (χ0n) is 15.1. The molecule has 1 aromatic heterocycles. The monoisotopic (exact) mass is 385 g/mol. The number of nitrogens with one attached hydrogen (secondary N) is 2. The van der Waals surface area contributed by atoms with Gasteiger partial charge in [0.1, 0.15) is 5.75 Å². The van der Waals surface area contributed by atoms with Crippen LogP contribution in [0.25, 0.3) is 10.9 Å². The molecule has 3 aromatic rings. The number of hydrogen-bond acceptors (Lipinski definition) is 5. The molecule has 2 aromatic carbocycles. The van der Waals surface area contributed by atoms with Crippen LogP contribution in [-0.2, 0) is 14.8 Å². The van der Waals surface area contributed by atoms with Gasteiger partial charge in [-0.15, -0.1) is 0 Å². The molecule has 2 N–H and O–H groups in total. The van der Waals surface area contributed by atoms with Crippen LogP contribution in [0.4, 0.5) is 11.4 Å². The first-order valence-corrected chi connectivity index (χ1v) is 9.63. The van der Waals surface area contributed by atoms with Crippen LogP contribution >= 0.6 is 0 Å². The molecule has 0 radical (unpaired) electrons. The van der Waals surface area contributed by atoms with E-state index in [0.717, 1.165) is 11.1 Å². The third-order valence-electron chi connectivity index (χ3n) is 3.87. The number of aromatic nitrogens is 1. The summed E-state index contributed by atoms with van der Waals surface area (Å²) in [6, 6.07) is 13.0. The molecule has 0 atom stereocenters. The predicted octanol–water partition coefficient (Wildman–Crippen LogP) is 3.31. The van der Waals surface area contributed by atoms with Gasteiger partial charge in [-0.05, 0) is 43.3 Å². The predicted molar refractivity (Wildman–Crippen MR) is 105 cm³/mol. The van der Waals surface area contributed by atoms with Crippen molar-refractivity contribution in [2.24, 2.45) is 0 Å². The lowest BCUT2D eigenvalue weighted by Gasteiger charge is -2.13. The second-order valence-electron chi connectivity index (χ2n) is 6.01. The van der Waals surface area contributed by atoms with Crippen molar-refractivity contribution in [2.45, 2.75) is 18.7 Å². The Morgan fingerprint density at radius 1 is 1.07 bits per heavy atom. The highest BCUT2D eigenvalue weighted by Gasteiger charge is 2.17. The maximum absolute atomic E-state index is 12.8. The molecule has 27 heavy (non-hydrogen) atoms. The summed E-state index contributed by atoms with van der Waals surface area (Å²) in [7, 11) is -2.33. The number of carbonyl (C=O) groups excluding carboxylic acids is 1.